The summed E-state index contributed by atoms with van der Waals surface area (Å²) in [6.07, 6.45) is 3.22. The first-order chi connectivity index (χ1) is 8.49. The van der Waals surface area contributed by atoms with E-state index in [9.17, 15) is 14.4 Å². The van der Waals surface area contributed by atoms with Crippen molar-refractivity contribution in [3.63, 3.8) is 0 Å². The summed E-state index contributed by atoms with van der Waals surface area (Å²) in [7, 11) is 0. The van der Waals surface area contributed by atoms with Gasteiger partial charge in [-0.15, -0.1) is 0 Å². The minimum absolute atomic E-state index is 0.162. The Morgan fingerprint density at radius 2 is 1.56 bits per heavy atom. The summed E-state index contributed by atoms with van der Waals surface area (Å²) < 4.78 is 0. The van der Waals surface area contributed by atoms with Gasteiger partial charge in [-0.05, 0) is 6.42 Å². The van der Waals surface area contributed by atoms with Crippen molar-refractivity contribution in [2.45, 2.75) is 51.9 Å². The van der Waals surface area contributed by atoms with Gasteiger partial charge in [-0.2, -0.15) is 0 Å². The van der Waals surface area contributed by atoms with Crippen molar-refractivity contribution >= 4 is 18.0 Å². The minimum Gasteiger partial charge on any atom is -0.481 e. The molecule has 0 aromatic rings. The Labute approximate surface area is 107 Å². The van der Waals surface area contributed by atoms with Crippen LogP contribution in [0.25, 0.3) is 0 Å². The number of rotatable bonds is 9. The van der Waals surface area contributed by atoms with Gasteiger partial charge >= 0.3 is 12.1 Å². The lowest BCUT2D eigenvalue weighted by molar-refractivity contribution is -0.137. The highest BCUT2D eigenvalue weighted by atomic mass is 16.4. The summed E-state index contributed by atoms with van der Waals surface area (Å²) >= 11 is 0. The van der Waals surface area contributed by atoms with E-state index in [-0.39, 0.29) is 19.4 Å². The van der Waals surface area contributed by atoms with Gasteiger partial charge in [0.1, 0.15) is 0 Å². The van der Waals surface area contributed by atoms with E-state index >= 15 is 0 Å². The molecule has 0 fully saturated rings. The van der Waals surface area contributed by atoms with Crippen LogP contribution in [-0.4, -0.2) is 39.6 Å². The third-order valence-corrected chi connectivity index (χ3v) is 2.58. The average Bonchev–Trinajstić information content (AvgIpc) is 2.28. The molecule has 2 amide bonds. The Morgan fingerprint density at radius 1 is 0.944 bits per heavy atom. The van der Waals surface area contributed by atoms with Crippen molar-refractivity contribution in [2.24, 2.45) is 0 Å². The zero-order chi connectivity index (χ0) is 14.0. The summed E-state index contributed by atoms with van der Waals surface area (Å²) in [5.41, 5.74) is 0. The highest BCUT2D eigenvalue weighted by Crippen LogP contribution is 2.07. The van der Waals surface area contributed by atoms with Crippen molar-refractivity contribution in [3.8, 4) is 0 Å². The number of carboxylic acids is 1. The van der Waals surface area contributed by atoms with Crippen molar-refractivity contribution in [1.29, 1.82) is 0 Å². The number of carboxylic acid groups (broad SMARTS) is 2. The number of unbranched alkanes of at least 4 members (excludes halogenated alkanes) is 4. The van der Waals surface area contributed by atoms with Crippen LogP contribution in [0.15, 0.2) is 0 Å². The number of hydrogen-bond donors (Lipinski definition) is 2. The summed E-state index contributed by atoms with van der Waals surface area (Å²) in [4.78, 5) is 33.3. The van der Waals surface area contributed by atoms with Gasteiger partial charge in [0.05, 0.1) is 6.42 Å². The second-order valence-electron chi connectivity index (χ2n) is 4.14. The van der Waals surface area contributed by atoms with E-state index < -0.39 is 18.0 Å². The Bertz CT molecular complexity index is 290. The molecule has 0 aromatic carbocycles. The summed E-state index contributed by atoms with van der Waals surface area (Å²) in [6, 6.07) is 0. The van der Waals surface area contributed by atoms with Gasteiger partial charge < -0.3 is 10.2 Å². The summed E-state index contributed by atoms with van der Waals surface area (Å²) in [5, 5.41) is 17.3. The van der Waals surface area contributed by atoms with Gasteiger partial charge in [0, 0.05) is 13.0 Å². The molecule has 0 aliphatic rings. The van der Waals surface area contributed by atoms with Crippen LogP contribution in [0.2, 0.25) is 0 Å². The normalized spacial score (nSPS) is 10.1. The first kappa shape index (κ1) is 16.4. The zero-order valence-corrected chi connectivity index (χ0v) is 10.7. The van der Waals surface area contributed by atoms with E-state index in [1.807, 2.05) is 0 Å². The molecular formula is C12H21NO5. The fourth-order valence-electron chi connectivity index (χ4n) is 1.55. The molecule has 6 nitrogen and oxygen atoms in total. The predicted molar refractivity (Wildman–Crippen MR) is 65.4 cm³/mol. The molecule has 0 aliphatic carbocycles. The Balaban J connectivity index is 3.99. The molecule has 0 radical (unpaired) electrons. The van der Waals surface area contributed by atoms with E-state index in [1.165, 1.54) is 0 Å². The van der Waals surface area contributed by atoms with Crippen molar-refractivity contribution in [1.82, 2.24) is 4.90 Å². The van der Waals surface area contributed by atoms with Crippen LogP contribution in [0, 0.1) is 0 Å². The molecular weight excluding hydrogens is 238 g/mol. The molecule has 0 saturated heterocycles. The molecule has 0 saturated carbocycles. The monoisotopic (exact) mass is 259 g/mol. The van der Waals surface area contributed by atoms with Crippen LogP contribution < -0.4 is 0 Å². The third-order valence-electron chi connectivity index (χ3n) is 2.58. The highest BCUT2D eigenvalue weighted by molar-refractivity contribution is 5.91. The van der Waals surface area contributed by atoms with E-state index in [0.29, 0.717) is 11.3 Å². The van der Waals surface area contributed by atoms with Crippen LogP contribution in [0.5, 0.6) is 0 Å². The zero-order valence-electron chi connectivity index (χ0n) is 10.7. The summed E-state index contributed by atoms with van der Waals surface area (Å²) in [5.74, 6) is -1.63. The Morgan fingerprint density at radius 3 is 2.06 bits per heavy atom. The van der Waals surface area contributed by atoms with Crippen LogP contribution in [0.4, 0.5) is 4.79 Å². The number of imide groups is 1. The molecule has 2 N–H and O–H groups in total. The number of carbonyl (C=O) groups is 3. The lowest BCUT2D eigenvalue weighted by Crippen LogP contribution is -2.37. The third kappa shape index (κ3) is 7.65. The lowest BCUT2D eigenvalue weighted by Gasteiger charge is -2.16. The number of nitrogens with zero attached hydrogens (tertiary/aromatic N) is 1. The number of aliphatic carboxylic acids is 1. The quantitative estimate of drug-likeness (QED) is 0.619. The van der Waals surface area contributed by atoms with E-state index in [4.69, 9.17) is 10.2 Å². The molecule has 0 atom stereocenters. The lowest BCUT2D eigenvalue weighted by atomic mass is 10.1. The van der Waals surface area contributed by atoms with E-state index in [0.717, 1.165) is 25.7 Å². The molecule has 0 rings (SSSR count). The fraction of sp³-hybridized carbons (Fsp3) is 0.750. The van der Waals surface area contributed by atoms with Gasteiger partial charge in [-0.3, -0.25) is 9.59 Å². The average molecular weight is 259 g/mol. The van der Waals surface area contributed by atoms with Crippen molar-refractivity contribution < 1.29 is 24.6 Å². The van der Waals surface area contributed by atoms with E-state index in [1.54, 1.807) is 0 Å². The molecule has 0 heterocycles. The van der Waals surface area contributed by atoms with Crippen molar-refractivity contribution in [3.05, 3.63) is 0 Å². The molecule has 0 spiro atoms. The molecule has 0 unspecified atom stereocenters. The van der Waals surface area contributed by atoms with Gasteiger partial charge in [0.25, 0.3) is 0 Å². The number of hydrogen-bond acceptors (Lipinski definition) is 3. The van der Waals surface area contributed by atoms with E-state index in [2.05, 4.69) is 6.92 Å². The van der Waals surface area contributed by atoms with Gasteiger partial charge in [-0.1, -0.05) is 32.6 Å². The van der Waals surface area contributed by atoms with Crippen LogP contribution in [-0.2, 0) is 9.59 Å². The molecule has 104 valence electrons. The van der Waals surface area contributed by atoms with Crippen LogP contribution in [0.1, 0.15) is 51.9 Å². The number of carbonyl (C=O) groups excluding carboxylic acids is 1. The first-order valence-corrected chi connectivity index (χ1v) is 6.24. The molecule has 0 bridgehead atoms. The Kier molecular flexibility index (Phi) is 8.61. The van der Waals surface area contributed by atoms with Gasteiger partial charge in [-0.25, -0.2) is 9.69 Å². The van der Waals surface area contributed by atoms with Crippen molar-refractivity contribution in [2.75, 3.05) is 6.54 Å². The molecule has 0 aromatic heterocycles. The molecule has 18 heavy (non-hydrogen) atoms. The largest absolute Gasteiger partial charge is 0.481 e. The van der Waals surface area contributed by atoms with Gasteiger partial charge in [0.2, 0.25) is 5.91 Å². The number of amides is 2. The highest BCUT2D eigenvalue weighted by Gasteiger charge is 2.20. The SMILES string of the molecule is CCCCCCCC(=O)N(CCC(=O)O)C(=O)O. The Hall–Kier alpha value is -1.59. The first-order valence-electron chi connectivity index (χ1n) is 6.24. The van der Waals surface area contributed by atoms with Gasteiger partial charge in [0.15, 0.2) is 0 Å². The molecule has 6 heteroatoms. The second-order valence-corrected chi connectivity index (χ2v) is 4.14. The fourth-order valence-corrected chi connectivity index (χ4v) is 1.55. The van der Waals surface area contributed by atoms with Crippen LogP contribution >= 0.6 is 0 Å². The predicted octanol–water partition coefficient (Wildman–Crippen LogP) is 2.33. The topological polar surface area (TPSA) is 94.9 Å². The minimum atomic E-state index is -1.38. The van der Waals surface area contributed by atoms with Crippen LogP contribution in [0.3, 0.4) is 0 Å². The standard InChI is InChI=1S/C12H21NO5/c1-2-3-4-5-6-7-10(14)13(12(17)18)9-8-11(15)16/h2-9H2,1H3,(H,15,16)(H,17,18). The summed E-state index contributed by atoms with van der Waals surface area (Å²) in [6.45, 7) is 1.81. The molecule has 0 aliphatic heterocycles. The second kappa shape index (κ2) is 9.44. The maximum absolute atomic E-state index is 11.6. The maximum atomic E-state index is 11.6. The maximum Gasteiger partial charge on any atom is 0.414 e. The smallest absolute Gasteiger partial charge is 0.414 e.